The van der Waals surface area contributed by atoms with Gasteiger partial charge in [-0.1, -0.05) is 18.2 Å². The van der Waals surface area contributed by atoms with Gasteiger partial charge in [-0.3, -0.25) is 0 Å². The largest absolute Gasteiger partial charge is 0.323 e. The Morgan fingerprint density at radius 1 is 0.812 bits per heavy atom. The molecule has 0 aliphatic heterocycles. The van der Waals surface area contributed by atoms with Crippen LogP contribution in [0.25, 0.3) is 25.7 Å². The lowest BCUT2D eigenvalue weighted by atomic mass is 10.1. The molecule has 0 bridgehead atoms. The monoisotopic (exact) mass is 223 g/mol. The fourth-order valence-corrected chi connectivity index (χ4v) is 3.44. The van der Waals surface area contributed by atoms with E-state index in [4.69, 9.17) is 0 Å². The van der Waals surface area contributed by atoms with Gasteiger partial charge in [0.1, 0.15) is 0 Å². The highest BCUT2D eigenvalue weighted by atomic mass is 32.1. The Bertz CT molecular complexity index is 807. The van der Waals surface area contributed by atoms with E-state index in [2.05, 4.69) is 59.3 Å². The van der Waals surface area contributed by atoms with Crippen molar-refractivity contribution in [1.29, 1.82) is 0 Å². The van der Waals surface area contributed by atoms with Crippen molar-refractivity contribution < 1.29 is 0 Å². The first-order valence-electron chi connectivity index (χ1n) is 5.30. The fourth-order valence-electron chi connectivity index (χ4n) is 2.33. The number of benzene rings is 1. The zero-order chi connectivity index (χ0) is 10.5. The van der Waals surface area contributed by atoms with Gasteiger partial charge in [-0.05, 0) is 24.3 Å². The number of nitrogens with zero attached hydrogens (tertiary/aromatic N) is 1. The first-order valence-corrected chi connectivity index (χ1v) is 6.12. The number of rotatable bonds is 0. The van der Waals surface area contributed by atoms with Crippen LogP contribution in [0, 0.1) is 0 Å². The molecule has 76 valence electrons. The molecule has 0 aliphatic rings. The molecule has 0 amide bonds. The maximum Gasteiger partial charge on any atom is 0.0543 e. The van der Waals surface area contributed by atoms with Crippen LogP contribution in [0.15, 0.2) is 54.9 Å². The van der Waals surface area contributed by atoms with Crippen molar-refractivity contribution in [3.05, 3.63) is 54.9 Å². The van der Waals surface area contributed by atoms with Crippen LogP contribution in [-0.2, 0) is 0 Å². The lowest BCUT2D eigenvalue weighted by molar-refractivity contribution is 1.22. The predicted octanol–water partition coefficient (Wildman–Crippen LogP) is 4.31. The molecule has 0 saturated carbocycles. The molecule has 0 aliphatic carbocycles. The lowest BCUT2D eigenvalue weighted by Crippen LogP contribution is -1.79. The maximum atomic E-state index is 2.21. The molecule has 4 rings (SSSR count). The van der Waals surface area contributed by atoms with Crippen molar-refractivity contribution in [2.24, 2.45) is 0 Å². The van der Waals surface area contributed by atoms with E-state index in [1.165, 1.54) is 25.7 Å². The molecular weight excluding hydrogens is 214 g/mol. The van der Waals surface area contributed by atoms with Crippen LogP contribution in [0.2, 0.25) is 0 Å². The topological polar surface area (TPSA) is 4.41 Å². The van der Waals surface area contributed by atoms with Crippen LogP contribution in [0.1, 0.15) is 0 Å². The van der Waals surface area contributed by atoms with Gasteiger partial charge in [0.15, 0.2) is 0 Å². The molecule has 3 aromatic heterocycles. The van der Waals surface area contributed by atoms with E-state index in [1.54, 1.807) is 0 Å². The van der Waals surface area contributed by atoms with Crippen molar-refractivity contribution in [1.82, 2.24) is 4.40 Å². The number of pyridine rings is 1. The quantitative estimate of drug-likeness (QED) is 0.418. The molecule has 1 aromatic carbocycles. The molecule has 0 N–H and O–H groups in total. The Kier molecular flexibility index (Phi) is 1.50. The van der Waals surface area contributed by atoms with E-state index in [9.17, 15) is 0 Å². The molecule has 0 radical (unpaired) electrons. The number of hydrogen-bond acceptors (Lipinski definition) is 1. The van der Waals surface area contributed by atoms with Crippen LogP contribution in [0.3, 0.4) is 0 Å². The van der Waals surface area contributed by atoms with Crippen LogP contribution < -0.4 is 0 Å². The highest BCUT2D eigenvalue weighted by Gasteiger charge is 2.07. The molecule has 1 nitrogen and oxygen atoms in total. The summed E-state index contributed by atoms with van der Waals surface area (Å²) in [5.41, 5.74) is 1.30. The van der Waals surface area contributed by atoms with Crippen molar-refractivity contribution in [3.8, 4) is 0 Å². The summed E-state index contributed by atoms with van der Waals surface area (Å²) in [6.07, 6.45) is 4.23. The molecular formula is C14H9NS. The minimum atomic E-state index is 1.30. The highest BCUT2D eigenvalue weighted by molar-refractivity contribution is 7.26. The van der Waals surface area contributed by atoms with Gasteiger partial charge in [-0.2, -0.15) is 0 Å². The molecule has 0 atom stereocenters. The van der Waals surface area contributed by atoms with Crippen LogP contribution in [0.5, 0.6) is 0 Å². The number of fused-ring (bicyclic) bond motifs is 5. The SMILES string of the molecule is c1ccc2c(c1)sc1ccn3cccc3c12. The molecule has 2 heteroatoms. The Hall–Kier alpha value is -1.80. The predicted molar refractivity (Wildman–Crippen MR) is 70.3 cm³/mol. The average molecular weight is 223 g/mol. The average Bonchev–Trinajstić information content (AvgIpc) is 2.91. The van der Waals surface area contributed by atoms with Crippen molar-refractivity contribution >= 4 is 37.0 Å². The summed E-state index contributed by atoms with van der Waals surface area (Å²) < 4.78 is 4.92. The second-order valence-electron chi connectivity index (χ2n) is 3.95. The zero-order valence-electron chi connectivity index (χ0n) is 8.55. The number of aromatic nitrogens is 1. The summed E-state index contributed by atoms with van der Waals surface area (Å²) in [5.74, 6) is 0. The zero-order valence-corrected chi connectivity index (χ0v) is 9.37. The molecule has 0 spiro atoms. The Labute approximate surface area is 96.6 Å². The third-order valence-electron chi connectivity index (χ3n) is 3.04. The molecule has 0 fully saturated rings. The van der Waals surface area contributed by atoms with E-state index in [0.29, 0.717) is 0 Å². The van der Waals surface area contributed by atoms with Crippen LogP contribution in [0.4, 0.5) is 0 Å². The third-order valence-corrected chi connectivity index (χ3v) is 4.18. The van der Waals surface area contributed by atoms with E-state index < -0.39 is 0 Å². The Balaban J connectivity index is 2.42. The molecule has 0 saturated heterocycles. The van der Waals surface area contributed by atoms with Gasteiger partial charge in [0.05, 0.1) is 5.52 Å². The first-order chi connectivity index (χ1) is 7.93. The summed E-state index contributed by atoms with van der Waals surface area (Å²) in [6, 6.07) is 15.1. The van der Waals surface area contributed by atoms with Gasteiger partial charge in [-0.25, -0.2) is 0 Å². The third kappa shape index (κ3) is 0.947. The van der Waals surface area contributed by atoms with Crippen LogP contribution in [-0.4, -0.2) is 4.40 Å². The van der Waals surface area contributed by atoms with Gasteiger partial charge < -0.3 is 4.40 Å². The molecule has 3 heterocycles. The summed E-state index contributed by atoms with van der Waals surface area (Å²) in [7, 11) is 0. The highest BCUT2D eigenvalue weighted by Crippen LogP contribution is 2.35. The number of hydrogen-bond donors (Lipinski definition) is 0. The Morgan fingerprint density at radius 2 is 1.75 bits per heavy atom. The summed E-state index contributed by atoms with van der Waals surface area (Å²) in [5, 5.41) is 2.75. The molecule has 16 heavy (non-hydrogen) atoms. The minimum absolute atomic E-state index is 1.30. The summed E-state index contributed by atoms with van der Waals surface area (Å²) in [6.45, 7) is 0. The van der Waals surface area contributed by atoms with Crippen molar-refractivity contribution in [3.63, 3.8) is 0 Å². The maximum absolute atomic E-state index is 2.21. The van der Waals surface area contributed by atoms with Gasteiger partial charge >= 0.3 is 0 Å². The van der Waals surface area contributed by atoms with Crippen molar-refractivity contribution in [2.45, 2.75) is 0 Å². The fraction of sp³-hybridized carbons (Fsp3) is 0. The molecule has 4 aromatic rings. The molecule has 0 unspecified atom stereocenters. The lowest BCUT2D eigenvalue weighted by Gasteiger charge is -1.96. The van der Waals surface area contributed by atoms with E-state index in [0.717, 1.165) is 0 Å². The smallest absolute Gasteiger partial charge is 0.0543 e. The number of thiophene rings is 1. The van der Waals surface area contributed by atoms with E-state index >= 15 is 0 Å². The van der Waals surface area contributed by atoms with Gasteiger partial charge in [0, 0.05) is 32.6 Å². The van der Waals surface area contributed by atoms with Gasteiger partial charge in [0.2, 0.25) is 0 Å². The van der Waals surface area contributed by atoms with Gasteiger partial charge in [0.25, 0.3) is 0 Å². The van der Waals surface area contributed by atoms with Gasteiger partial charge in [-0.15, -0.1) is 11.3 Å². The normalized spacial score (nSPS) is 11.8. The second-order valence-corrected chi connectivity index (χ2v) is 5.04. The first kappa shape index (κ1) is 8.36. The standard InChI is InChI=1S/C14H9NS/c1-2-6-12-10(4-1)14-11-5-3-8-15(11)9-7-13(14)16-12/h1-9H. The van der Waals surface area contributed by atoms with E-state index in [1.807, 2.05) is 11.3 Å². The Morgan fingerprint density at radius 3 is 2.75 bits per heavy atom. The second kappa shape index (κ2) is 2.86. The summed E-state index contributed by atoms with van der Waals surface area (Å²) >= 11 is 1.87. The van der Waals surface area contributed by atoms with Crippen molar-refractivity contribution in [2.75, 3.05) is 0 Å². The van der Waals surface area contributed by atoms with Crippen LogP contribution >= 0.6 is 11.3 Å². The van der Waals surface area contributed by atoms with E-state index in [-0.39, 0.29) is 0 Å². The summed E-state index contributed by atoms with van der Waals surface area (Å²) in [4.78, 5) is 0. The minimum Gasteiger partial charge on any atom is -0.323 e.